The molecule has 0 radical (unpaired) electrons. The van der Waals surface area contributed by atoms with Crippen molar-refractivity contribution < 1.29 is 9.84 Å². The molecule has 1 aromatic rings. The van der Waals surface area contributed by atoms with Crippen LogP contribution in [0.5, 0.6) is 5.75 Å². The second-order valence-electron chi connectivity index (χ2n) is 4.53. The topological polar surface area (TPSA) is 41.5 Å². The average Bonchev–Trinajstić information content (AvgIpc) is 2.39. The molecule has 2 N–H and O–H groups in total. The van der Waals surface area contributed by atoms with E-state index in [1.54, 1.807) is 0 Å². The van der Waals surface area contributed by atoms with Crippen molar-refractivity contribution >= 4 is 0 Å². The molecule has 0 saturated carbocycles. The highest BCUT2D eigenvalue weighted by Crippen LogP contribution is 2.31. The van der Waals surface area contributed by atoms with E-state index >= 15 is 0 Å². The third-order valence-electron chi connectivity index (χ3n) is 3.30. The van der Waals surface area contributed by atoms with Crippen molar-refractivity contribution in [3.8, 4) is 5.75 Å². The molecule has 94 valence electrons. The first-order chi connectivity index (χ1) is 8.31. The van der Waals surface area contributed by atoms with Crippen molar-refractivity contribution in [2.75, 3.05) is 13.2 Å². The Morgan fingerprint density at radius 1 is 1.47 bits per heavy atom. The molecular formula is C14H21NO2. The normalized spacial score (nSPS) is 20.5. The van der Waals surface area contributed by atoms with Gasteiger partial charge in [0.15, 0.2) is 0 Å². The summed E-state index contributed by atoms with van der Waals surface area (Å²) >= 11 is 0. The van der Waals surface area contributed by atoms with Crippen LogP contribution in [-0.2, 0) is 0 Å². The number of nitrogens with one attached hydrogen (secondary N) is 1. The number of hydrogen-bond donors (Lipinski definition) is 2. The van der Waals surface area contributed by atoms with Crippen LogP contribution in [0, 0.1) is 0 Å². The van der Waals surface area contributed by atoms with Gasteiger partial charge in [-0.05, 0) is 25.5 Å². The molecule has 2 atom stereocenters. The first-order valence-corrected chi connectivity index (χ1v) is 6.44. The van der Waals surface area contributed by atoms with E-state index in [0.29, 0.717) is 6.04 Å². The zero-order valence-corrected chi connectivity index (χ0v) is 10.4. The number of fused-ring (bicyclic) bond motifs is 1. The Hall–Kier alpha value is -1.06. The minimum atomic E-state index is -0.183. The molecule has 2 unspecified atom stereocenters. The molecule has 0 spiro atoms. The molecule has 0 saturated heterocycles. The fourth-order valence-corrected chi connectivity index (χ4v) is 2.18. The summed E-state index contributed by atoms with van der Waals surface area (Å²) in [6, 6.07) is 8.54. The molecule has 1 aromatic carbocycles. The summed E-state index contributed by atoms with van der Waals surface area (Å²) in [5.74, 6) is 0.993. The van der Waals surface area contributed by atoms with Crippen molar-refractivity contribution in [3.63, 3.8) is 0 Å². The van der Waals surface area contributed by atoms with E-state index in [9.17, 15) is 5.11 Å². The minimum Gasteiger partial charge on any atom is -0.493 e. The van der Waals surface area contributed by atoms with Gasteiger partial charge in [-0.15, -0.1) is 0 Å². The Kier molecular flexibility index (Phi) is 4.40. The van der Waals surface area contributed by atoms with Gasteiger partial charge in [-0.1, -0.05) is 25.1 Å². The summed E-state index contributed by atoms with van der Waals surface area (Å²) in [5.41, 5.74) is 1.24. The molecular weight excluding hydrogens is 214 g/mol. The highest BCUT2D eigenvalue weighted by atomic mass is 16.5. The predicted molar refractivity (Wildman–Crippen MR) is 68.2 cm³/mol. The van der Waals surface area contributed by atoms with Crippen LogP contribution in [0.25, 0.3) is 0 Å². The number of benzene rings is 1. The van der Waals surface area contributed by atoms with Crippen molar-refractivity contribution in [2.24, 2.45) is 0 Å². The van der Waals surface area contributed by atoms with Crippen LogP contribution in [0.15, 0.2) is 24.3 Å². The third kappa shape index (κ3) is 3.20. The summed E-state index contributed by atoms with van der Waals surface area (Å²) in [7, 11) is 0. The predicted octanol–water partition coefficient (Wildman–Crippen LogP) is 2.26. The van der Waals surface area contributed by atoms with Crippen molar-refractivity contribution in [2.45, 2.75) is 38.3 Å². The average molecular weight is 235 g/mol. The third-order valence-corrected chi connectivity index (χ3v) is 3.30. The largest absolute Gasteiger partial charge is 0.493 e. The molecule has 0 aromatic heterocycles. The standard InChI is InChI=1S/C14H21NO2/c1-2-11(16)7-9-15-13-8-10-17-14-6-4-3-5-12(13)14/h3-6,11,13,15-16H,2,7-10H2,1H3. The number of rotatable bonds is 5. The second kappa shape index (κ2) is 6.03. The van der Waals surface area contributed by atoms with E-state index in [-0.39, 0.29) is 6.10 Å². The van der Waals surface area contributed by atoms with E-state index in [4.69, 9.17) is 4.74 Å². The number of aliphatic hydroxyl groups is 1. The maximum Gasteiger partial charge on any atom is 0.124 e. The lowest BCUT2D eigenvalue weighted by molar-refractivity contribution is 0.156. The van der Waals surface area contributed by atoms with Gasteiger partial charge in [-0.3, -0.25) is 0 Å². The number of hydrogen-bond acceptors (Lipinski definition) is 3. The maximum atomic E-state index is 9.52. The molecule has 3 nitrogen and oxygen atoms in total. The van der Waals surface area contributed by atoms with E-state index in [1.807, 2.05) is 25.1 Å². The Morgan fingerprint density at radius 3 is 3.12 bits per heavy atom. The van der Waals surface area contributed by atoms with Crippen molar-refractivity contribution in [1.29, 1.82) is 0 Å². The zero-order chi connectivity index (χ0) is 12.1. The molecule has 0 bridgehead atoms. The van der Waals surface area contributed by atoms with Gasteiger partial charge in [0.2, 0.25) is 0 Å². The molecule has 17 heavy (non-hydrogen) atoms. The van der Waals surface area contributed by atoms with Gasteiger partial charge in [0.25, 0.3) is 0 Å². The van der Waals surface area contributed by atoms with Crippen LogP contribution in [0.3, 0.4) is 0 Å². The first-order valence-electron chi connectivity index (χ1n) is 6.44. The Labute approximate surface area is 103 Å². The monoisotopic (exact) mass is 235 g/mol. The summed E-state index contributed by atoms with van der Waals surface area (Å²) in [4.78, 5) is 0. The van der Waals surface area contributed by atoms with Crippen molar-refractivity contribution in [3.05, 3.63) is 29.8 Å². The highest BCUT2D eigenvalue weighted by Gasteiger charge is 2.20. The van der Waals surface area contributed by atoms with Crippen molar-refractivity contribution in [1.82, 2.24) is 5.32 Å². The van der Waals surface area contributed by atoms with Crippen LogP contribution >= 0.6 is 0 Å². The fraction of sp³-hybridized carbons (Fsp3) is 0.571. The number of aliphatic hydroxyl groups excluding tert-OH is 1. The molecule has 0 fully saturated rings. The number of para-hydroxylation sites is 1. The van der Waals surface area contributed by atoms with E-state index < -0.39 is 0 Å². The van der Waals surface area contributed by atoms with E-state index in [2.05, 4.69) is 11.4 Å². The van der Waals surface area contributed by atoms with Gasteiger partial charge in [-0.25, -0.2) is 0 Å². The first kappa shape index (κ1) is 12.4. The summed E-state index contributed by atoms with van der Waals surface area (Å²) in [5, 5.41) is 13.0. The highest BCUT2D eigenvalue weighted by molar-refractivity contribution is 5.37. The lowest BCUT2D eigenvalue weighted by atomic mass is 10.0. The molecule has 0 aliphatic carbocycles. The number of ether oxygens (including phenoxy) is 1. The fourth-order valence-electron chi connectivity index (χ4n) is 2.18. The van der Waals surface area contributed by atoms with Crippen LogP contribution in [0.2, 0.25) is 0 Å². The van der Waals surface area contributed by atoms with Gasteiger partial charge in [-0.2, -0.15) is 0 Å². The van der Waals surface area contributed by atoms with E-state index in [0.717, 1.165) is 38.2 Å². The molecule has 3 heteroatoms. The molecule has 1 heterocycles. The summed E-state index contributed by atoms with van der Waals surface area (Å²) in [6.45, 7) is 3.63. The Bertz CT molecular complexity index is 354. The summed E-state index contributed by atoms with van der Waals surface area (Å²) in [6.07, 6.45) is 2.46. The maximum absolute atomic E-state index is 9.52. The van der Waals surface area contributed by atoms with Gasteiger partial charge in [0.05, 0.1) is 12.7 Å². The second-order valence-corrected chi connectivity index (χ2v) is 4.53. The molecule has 0 amide bonds. The van der Waals surface area contributed by atoms with Gasteiger partial charge >= 0.3 is 0 Å². The van der Waals surface area contributed by atoms with Crippen LogP contribution in [-0.4, -0.2) is 24.4 Å². The lowest BCUT2D eigenvalue weighted by Crippen LogP contribution is -2.29. The van der Waals surface area contributed by atoms with E-state index in [1.165, 1.54) is 5.56 Å². The van der Waals surface area contributed by atoms with Crippen LogP contribution in [0.1, 0.15) is 37.8 Å². The Balaban J connectivity index is 1.90. The SMILES string of the molecule is CCC(O)CCNC1CCOc2ccccc21. The minimum absolute atomic E-state index is 0.183. The Morgan fingerprint density at radius 2 is 2.29 bits per heavy atom. The molecule has 1 aliphatic heterocycles. The van der Waals surface area contributed by atoms with Gasteiger partial charge in [0.1, 0.15) is 5.75 Å². The van der Waals surface area contributed by atoms with Gasteiger partial charge in [0, 0.05) is 18.0 Å². The van der Waals surface area contributed by atoms with Gasteiger partial charge < -0.3 is 15.2 Å². The van der Waals surface area contributed by atoms with Crippen LogP contribution in [0.4, 0.5) is 0 Å². The zero-order valence-electron chi connectivity index (χ0n) is 10.4. The lowest BCUT2D eigenvalue weighted by Gasteiger charge is -2.27. The quantitative estimate of drug-likeness (QED) is 0.822. The summed E-state index contributed by atoms with van der Waals surface area (Å²) < 4.78 is 5.61. The van der Waals surface area contributed by atoms with Crippen LogP contribution < -0.4 is 10.1 Å². The molecule has 2 rings (SSSR count). The molecule has 1 aliphatic rings. The smallest absolute Gasteiger partial charge is 0.124 e.